The molecule has 0 aliphatic carbocycles. The second-order valence-corrected chi connectivity index (χ2v) is 9.56. The van der Waals surface area contributed by atoms with Gasteiger partial charge in [0.15, 0.2) is 6.61 Å². The molecule has 5 aromatic rings. The van der Waals surface area contributed by atoms with Crippen LogP contribution in [0.5, 0.6) is 5.75 Å². The lowest BCUT2D eigenvalue weighted by Gasteiger charge is -2.12. The van der Waals surface area contributed by atoms with Crippen molar-refractivity contribution in [1.29, 1.82) is 0 Å². The Morgan fingerprint density at radius 3 is 2.54 bits per heavy atom. The van der Waals surface area contributed by atoms with Crippen LogP contribution < -0.4 is 14.8 Å². The number of fused-ring (bicyclic) bond motifs is 3. The molecule has 178 valence electrons. The van der Waals surface area contributed by atoms with E-state index in [1.807, 2.05) is 30.3 Å². The minimum Gasteiger partial charge on any atom is -0.484 e. The van der Waals surface area contributed by atoms with E-state index in [1.165, 1.54) is 31.2 Å². The number of para-hydroxylation sites is 1. The van der Waals surface area contributed by atoms with Crippen molar-refractivity contribution in [1.82, 2.24) is 15.2 Å². The van der Waals surface area contributed by atoms with Crippen LogP contribution in [-0.4, -0.2) is 29.5 Å². The fourth-order valence-electron chi connectivity index (χ4n) is 3.75. The molecule has 5 rings (SSSR count). The zero-order valence-corrected chi connectivity index (χ0v) is 19.6. The number of H-pyrrole nitrogens is 1. The predicted octanol–water partition coefficient (Wildman–Crippen LogP) is 4.35. The number of hydrogen-bond acceptors (Lipinski definition) is 7. The number of ether oxygens (including phenoxy) is 1. The molecule has 35 heavy (non-hydrogen) atoms. The second-order valence-electron chi connectivity index (χ2n) is 7.88. The summed E-state index contributed by atoms with van der Waals surface area (Å²) in [6.45, 7) is 3.10. The van der Waals surface area contributed by atoms with Gasteiger partial charge in [0.1, 0.15) is 5.75 Å². The van der Waals surface area contributed by atoms with Gasteiger partial charge in [-0.05, 0) is 36.4 Å². The SMILES string of the molecule is CC(=O)Nc1ccc(S(=O)(=O)Nc2cc(OCc3nnc(C)o3)cc3c2[nH]c2ccccc23)cc1. The molecule has 3 N–H and O–H groups in total. The number of carbonyl (C=O) groups is 1. The molecule has 2 aromatic heterocycles. The number of nitrogens with one attached hydrogen (secondary N) is 3. The highest BCUT2D eigenvalue weighted by Gasteiger charge is 2.19. The largest absolute Gasteiger partial charge is 0.484 e. The molecule has 0 spiro atoms. The van der Waals surface area contributed by atoms with Crippen molar-refractivity contribution < 1.29 is 22.4 Å². The smallest absolute Gasteiger partial charge is 0.261 e. The average molecular weight is 492 g/mol. The molecule has 0 saturated carbocycles. The van der Waals surface area contributed by atoms with Crippen LogP contribution >= 0.6 is 0 Å². The molecule has 10 nitrogen and oxygen atoms in total. The third-order valence-electron chi connectivity index (χ3n) is 5.25. The number of anilines is 2. The molecule has 0 bridgehead atoms. The molecular formula is C24H21N5O5S. The number of amides is 1. The standard InChI is InChI=1S/C24H21N5O5S/c1-14(30)25-16-7-9-18(10-8-16)35(31,32)29-22-12-17(33-13-23-28-27-15(2)34-23)11-20-19-5-3-4-6-21(19)26-24(20)22/h3-12,26,29H,13H2,1-2H3,(H,25,30). The van der Waals surface area contributed by atoms with Crippen molar-refractivity contribution in [2.45, 2.75) is 25.3 Å². The number of aryl methyl sites for hydroxylation is 1. The molecule has 0 unspecified atom stereocenters. The molecule has 0 saturated heterocycles. The fraction of sp³-hybridized carbons (Fsp3) is 0.125. The van der Waals surface area contributed by atoms with E-state index in [0.29, 0.717) is 34.4 Å². The van der Waals surface area contributed by atoms with Crippen molar-refractivity contribution in [3.63, 3.8) is 0 Å². The highest BCUT2D eigenvalue weighted by molar-refractivity contribution is 7.92. The summed E-state index contributed by atoms with van der Waals surface area (Å²) in [6, 6.07) is 17.0. The Labute approximate surface area is 200 Å². The van der Waals surface area contributed by atoms with Gasteiger partial charge in [-0.25, -0.2) is 8.42 Å². The Balaban J connectivity index is 1.52. The molecule has 1 amide bonds. The quantitative estimate of drug-likeness (QED) is 0.307. The number of hydrogen-bond donors (Lipinski definition) is 3. The van der Waals surface area contributed by atoms with E-state index in [1.54, 1.807) is 13.0 Å². The van der Waals surface area contributed by atoms with Gasteiger partial charge < -0.3 is 19.5 Å². The first kappa shape index (κ1) is 22.4. The van der Waals surface area contributed by atoms with Crippen LogP contribution in [-0.2, 0) is 21.4 Å². The Hall–Kier alpha value is -4.38. The topological polar surface area (TPSA) is 139 Å². The maximum atomic E-state index is 13.2. The number of aromatic amines is 1. The van der Waals surface area contributed by atoms with Crippen molar-refractivity contribution in [3.05, 3.63) is 72.4 Å². The number of carbonyl (C=O) groups excluding carboxylic acids is 1. The summed E-state index contributed by atoms with van der Waals surface area (Å²) in [7, 11) is -3.95. The Kier molecular flexibility index (Phi) is 5.61. The van der Waals surface area contributed by atoms with Gasteiger partial charge in [0.25, 0.3) is 15.9 Å². The highest BCUT2D eigenvalue weighted by atomic mass is 32.2. The zero-order chi connectivity index (χ0) is 24.6. The Morgan fingerprint density at radius 2 is 1.83 bits per heavy atom. The van der Waals surface area contributed by atoms with Crippen LogP contribution in [0, 0.1) is 6.92 Å². The number of nitrogens with zero attached hydrogens (tertiary/aromatic N) is 2. The van der Waals surface area contributed by atoms with Gasteiger partial charge in [0, 0.05) is 41.9 Å². The summed E-state index contributed by atoms with van der Waals surface area (Å²) >= 11 is 0. The van der Waals surface area contributed by atoms with E-state index in [9.17, 15) is 13.2 Å². The number of sulfonamides is 1. The summed E-state index contributed by atoms with van der Waals surface area (Å²) in [5.74, 6) is 0.917. The van der Waals surface area contributed by atoms with Gasteiger partial charge in [0.2, 0.25) is 11.8 Å². The van der Waals surface area contributed by atoms with Crippen molar-refractivity contribution in [2.75, 3.05) is 10.0 Å². The summed E-state index contributed by atoms with van der Waals surface area (Å²) < 4.78 is 40.3. The van der Waals surface area contributed by atoms with Crippen LogP contribution in [0.1, 0.15) is 18.7 Å². The van der Waals surface area contributed by atoms with Crippen molar-refractivity contribution in [3.8, 4) is 5.75 Å². The van der Waals surface area contributed by atoms with Crippen LogP contribution in [0.4, 0.5) is 11.4 Å². The summed E-state index contributed by atoms with van der Waals surface area (Å²) in [4.78, 5) is 14.6. The molecule has 0 radical (unpaired) electrons. The first-order chi connectivity index (χ1) is 16.8. The summed E-state index contributed by atoms with van der Waals surface area (Å²) in [5, 5.41) is 12.0. The normalized spacial score (nSPS) is 11.6. The Bertz CT molecular complexity index is 1660. The summed E-state index contributed by atoms with van der Waals surface area (Å²) in [6.07, 6.45) is 0. The first-order valence-corrected chi connectivity index (χ1v) is 12.1. The highest BCUT2D eigenvalue weighted by Crippen LogP contribution is 2.35. The van der Waals surface area contributed by atoms with E-state index in [2.05, 4.69) is 25.2 Å². The van der Waals surface area contributed by atoms with E-state index >= 15 is 0 Å². The van der Waals surface area contributed by atoms with Crippen LogP contribution in [0.15, 0.2) is 70.0 Å². The van der Waals surface area contributed by atoms with Gasteiger partial charge in [0.05, 0.1) is 16.1 Å². The number of benzene rings is 3. The molecule has 0 aliphatic rings. The molecule has 3 aromatic carbocycles. The lowest BCUT2D eigenvalue weighted by atomic mass is 10.1. The molecular weight excluding hydrogens is 470 g/mol. The predicted molar refractivity (Wildman–Crippen MR) is 131 cm³/mol. The molecule has 11 heteroatoms. The van der Waals surface area contributed by atoms with Crippen molar-refractivity contribution >= 4 is 49.1 Å². The number of aromatic nitrogens is 3. The fourth-order valence-corrected chi connectivity index (χ4v) is 4.82. The second kappa shape index (κ2) is 8.76. The third kappa shape index (κ3) is 4.66. The van der Waals surface area contributed by atoms with Crippen LogP contribution in [0.2, 0.25) is 0 Å². The summed E-state index contributed by atoms with van der Waals surface area (Å²) in [5.41, 5.74) is 2.29. The zero-order valence-electron chi connectivity index (χ0n) is 18.8. The van der Waals surface area contributed by atoms with E-state index in [-0.39, 0.29) is 17.4 Å². The number of rotatable bonds is 7. The Morgan fingerprint density at radius 1 is 1.06 bits per heavy atom. The first-order valence-electron chi connectivity index (χ1n) is 10.7. The maximum absolute atomic E-state index is 13.2. The van der Waals surface area contributed by atoms with Crippen LogP contribution in [0.3, 0.4) is 0 Å². The van der Waals surface area contributed by atoms with Gasteiger partial charge >= 0.3 is 0 Å². The third-order valence-corrected chi connectivity index (χ3v) is 6.63. The minimum atomic E-state index is -3.95. The van der Waals surface area contributed by atoms with Gasteiger partial charge in [-0.3, -0.25) is 9.52 Å². The van der Waals surface area contributed by atoms with Crippen LogP contribution in [0.25, 0.3) is 21.8 Å². The van der Waals surface area contributed by atoms with Gasteiger partial charge in [-0.2, -0.15) is 0 Å². The molecule has 0 atom stereocenters. The maximum Gasteiger partial charge on any atom is 0.261 e. The molecule has 2 heterocycles. The lowest BCUT2D eigenvalue weighted by molar-refractivity contribution is -0.114. The van der Waals surface area contributed by atoms with Gasteiger partial charge in [-0.1, -0.05) is 18.2 Å². The average Bonchev–Trinajstić information content (AvgIpc) is 3.41. The lowest BCUT2D eigenvalue weighted by Crippen LogP contribution is -2.14. The molecule has 0 fully saturated rings. The van der Waals surface area contributed by atoms with E-state index in [4.69, 9.17) is 9.15 Å². The van der Waals surface area contributed by atoms with E-state index < -0.39 is 10.0 Å². The van der Waals surface area contributed by atoms with E-state index in [0.717, 1.165) is 16.3 Å². The minimum absolute atomic E-state index is 0.0332. The van der Waals surface area contributed by atoms with Crippen molar-refractivity contribution in [2.24, 2.45) is 0 Å². The van der Waals surface area contributed by atoms with Gasteiger partial charge in [-0.15, -0.1) is 10.2 Å². The monoisotopic (exact) mass is 491 g/mol. The molecule has 0 aliphatic heterocycles.